The van der Waals surface area contributed by atoms with Crippen LogP contribution in [-0.2, 0) is 0 Å². The molecule has 0 aliphatic carbocycles. The fraction of sp³-hybridized carbons (Fsp3) is 1.00. The molecule has 0 aliphatic heterocycles. The monoisotopic (exact) mass is 189 g/mol. The normalized spacial score (nSPS) is 13.8. The maximum absolute atomic E-state index is 2.34. The molecular weight excluding hydrogens is 166 g/mol. The lowest BCUT2D eigenvalue weighted by Crippen LogP contribution is -2.15. The van der Waals surface area contributed by atoms with Crippen molar-refractivity contribution in [1.82, 2.24) is 4.90 Å². The van der Waals surface area contributed by atoms with E-state index in [-0.39, 0.29) is 0 Å². The minimum Gasteiger partial charge on any atom is -0.309 e. The summed E-state index contributed by atoms with van der Waals surface area (Å²) in [6, 6.07) is 0. The first-order valence-electron chi connectivity index (χ1n) is 4.89. The van der Waals surface area contributed by atoms with Crippen molar-refractivity contribution in [3.8, 4) is 0 Å². The van der Waals surface area contributed by atoms with Crippen molar-refractivity contribution < 1.29 is 0 Å². The fourth-order valence-corrected chi connectivity index (χ4v) is 2.11. The predicted molar refractivity (Wildman–Crippen MR) is 60.0 cm³/mol. The second-order valence-corrected chi connectivity index (χ2v) is 4.94. The first kappa shape index (κ1) is 12.3. The Hall–Kier alpha value is 0.310. The average molecular weight is 189 g/mol. The Bertz CT molecular complexity index is 93.8. The Morgan fingerprint density at radius 3 is 2.42 bits per heavy atom. The van der Waals surface area contributed by atoms with Gasteiger partial charge < -0.3 is 4.90 Å². The molecule has 0 amide bonds. The molecule has 1 unspecified atom stereocenters. The van der Waals surface area contributed by atoms with Crippen LogP contribution in [0.3, 0.4) is 0 Å². The maximum atomic E-state index is 2.34. The van der Waals surface area contributed by atoms with Gasteiger partial charge in [-0.05, 0) is 32.2 Å². The first-order chi connectivity index (χ1) is 5.66. The van der Waals surface area contributed by atoms with Gasteiger partial charge in [-0.25, -0.2) is 0 Å². The van der Waals surface area contributed by atoms with Gasteiger partial charge in [-0.15, -0.1) is 0 Å². The van der Waals surface area contributed by atoms with Gasteiger partial charge in [-0.3, -0.25) is 0 Å². The van der Waals surface area contributed by atoms with E-state index in [2.05, 4.69) is 44.6 Å². The SMILES string of the molecule is CCC(C)CCSCCN(C)C. The average Bonchev–Trinajstić information content (AvgIpc) is 2.03. The maximum Gasteiger partial charge on any atom is 0.00662 e. The molecule has 0 fully saturated rings. The van der Waals surface area contributed by atoms with Gasteiger partial charge in [0.25, 0.3) is 0 Å². The standard InChI is InChI=1S/C10H23NS/c1-5-10(2)6-8-12-9-7-11(3)4/h10H,5-9H2,1-4H3. The zero-order chi connectivity index (χ0) is 9.40. The van der Waals surface area contributed by atoms with Crippen LogP contribution in [0.1, 0.15) is 26.7 Å². The largest absolute Gasteiger partial charge is 0.309 e. The van der Waals surface area contributed by atoms with Gasteiger partial charge in [0.15, 0.2) is 0 Å². The van der Waals surface area contributed by atoms with Crippen LogP contribution < -0.4 is 0 Å². The summed E-state index contributed by atoms with van der Waals surface area (Å²) < 4.78 is 0. The molecule has 2 heteroatoms. The van der Waals surface area contributed by atoms with Crippen LogP contribution in [0.4, 0.5) is 0 Å². The molecule has 0 aromatic rings. The lowest BCUT2D eigenvalue weighted by atomic mass is 10.1. The van der Waals surface area contributed by atoms with E-state index < -0.39 is 0 Å². The van der Waals surface area contributed by atoms with Gasteiger partial charge in [-0.1, -0.05) is 20.3 Å². The molecule has 74 valence electrons. The zero-order valence-electron chi connectivity index (χ0n) is 8.97. The Kier molecular flexibility index (Phi) is 8.14. The van der Waals surface area contributed by atoms with Gasteiger partial charge in [0.05, 0.1) is 0 Å². The van der Waals surface area contributed by atoms with Crippen molar-refractivity contribution in [2.45, 2.75) is 26.7 Å². The van der Waals surface area contributed by atoms with E-state index in [9.17, 15) is 0 Å². The summed E-state index contributed by atoms with van der Waals surface area (Å²) in [6.45, 7) is 5.83. The third-order valence-corrected chi connectivity index (χ3v) is 3.13. The smallest absolute Gasteiger partial charge is 0.00662 e. The molecule has 1 atom stereocenters. The van der Waals surface area contributed by atoms with E-state index in [0.29, 0.717) is 0 Å². The topological polar surface area (TPSA) is 3.24 Å². The van der Waals surface area contributed by atoms with E-state index in [1.807, 2.05) is 0 Å². The molecule has 0 saturated heterocycles. The number of thioether (sulfide) groups is 1. The van der Waals surface area contributed by atoms with E-state index >= 15 is 0 Å². The molecule has 0 aromatic carbocycles. The molecule has 0 aromatic heterocycles. The molecule has 12 heavy (non-hydrogen) atoms. The Labute approximate surface area is 81.9 Å². The van der Waals surface area contributed by atoms with Crippen LogP contribution in [0.5, 0.6) is 0 Å². The van der Waals surface area contributed by atoms with Crippen molar-refractivity contribution in [2.75, 3.05) is 32.1 Å². The van der Waals surface area contributed by atoms with Crippen LogP contribution in [0.2, 0.25) is 0 Å². The number of hydrogen-bond donors (Lipinski definition) is 0. The highest BCUT2D eigenvalue weighted by molar-refractivity contribution is 7.99. The molecular formula is C10H23NS. The van der Waals surface area contributed by atoms with Crippen molar-refractivity contribution >= 4 is 11.8 Å². The molecule has 0 aliphatic rings. The van der Waals surface area contributed by atoms with Crippen molar-refractivity contribution in [2.24, 2.45) is 5.92 Å². The summed E-state index contributed by atoms with van der Waals surface area (Å²) in [7, 11) is 4.27. The van der Waals surface area contributed by atoms with Gasteiger partial charge in [0, 0.05) is 12.3 Å². The minimum absolute atomic E-state index is 0.914. The summed E-state index contributed by atoms with van der Waals surface area (Å²) in [5.74, 6) is 3.53. The Morgan fingerprint density at radius 2 is 1.92 bits per heavy atom. The van der Waals surface area contributed by atoms with Gasteiger partial charge in [0.1, 0.15) is 0 Å². The molecule has 0 radical (unpaired) electrons. The van der Waals surface area contributed by atoms with Crippen LogP contribution in [-0.4, -0.2) is 37.0 Å². The third-order valence-electron chi connectivity index (χ3n) is 2.13. The summed E-state index contributed by atoms with van der Waals surface area (Å²) in [5, 5.41) is 0. The Morgan fingerprint density at radius 1 is 1.25 bits per heavy atom. The number of nitrogens with zero attached hydrogens (tertiary/aromatic N) is 1. The fourth-order valence-electron chi connectivity index (χ4n) is 0.838. The summed E-state index contributed by atoms with van der Waals surface area (Å²) in [4.78, 5) is 2.25. The number of hydrogen-bond acceptors (Lipinski definition) is 2. The molecule has 0 heterocycles. The van der Waals surface area contributed by atoms with Crippen LogP contribution in [0, 0.1) is 5.92 Å². The molecule has 0 rings (SSSR count). The van der Waals surface area contributed by atoms with E-state index in [1.165, 1.54) is 30.9 Å². The molecule has 0 bridgehead atoms. The second kappa shape index (κ2) is 7.93. The minimum atomic E-state index is 0.914. The van der Waals surface area contributed by atoms with Gasteiger partial charge >= 0.3 is 0 Å². The predicted octanol–water partition coefficient (Wildman–Crippen LogP) is 2.72. The highest BCUT2D eigenvalue weighted by atomic mass is 32.2. The van der Waals surface area contributed by atoms with E-state index in [0.717, 1.165) is 5.92 Å². The van der Waals surface area contributed by atoms with Crippen LogP contribution in [0.15, 0.2) is 0 Å². The van der Waals surface area contributed by atoms with Crippen LogP contribution >= 0.6 is 11.8 Å². The third kappa shape index (κ3) is 8.41. The summed E-state index contributed by atoms with van der Waals surface area (Å²) >= 11 is 2.08. The van der Waals surface area contributed by atoms with E-state index in [4.69, 9.17) is 0 Å². The highest BCUT2D eigenvalue weighted by Gasteiger charge is 1.98. The van der Waals surface area contributed by atoms with Gasteiger partial charge in [0.2, 0.25) is 0 Å². The van der Waals surface area contributed by atoms with E-state index in [1.54, 1.807) is 0 Å². The molecule has 0 N–H and O–H groups in total. The molecule has 0 spiro atoms. The van der Waals surface area contributed by atoms with Gasteiger partial charge in [-0.2, -0.15) is 11.8 Å². The lowest BCUT2D eigenvalue weighted by Gasteiger charge is -2.10. The molecule has 0 saturated carbocycles. The summed E-state index contributed by atoms with van der Waals surface area (Å²) in [6.07, 6.45) is 2.71. The Balaban J connectivity index is 3.00. The highest BCUT2D eigenvalue weighted by Crippen LogP contribution is 2.11. The lowest BCUT2D eigenvalue weighted by molar-refractivity contribution is 0.437. The van der Waals surface area contributed by atoms with Crippen LogP contribution in [0.25, 0.3) is 0 Å². The second-order valence-electron chi connectivity index (χ2n) is 3.72. The summed E-state index contributed by atoms with van der Waals surface area (Å²) in [5.41, 5.74) is 0. The zero-order valence-corrected chi connectivity index (χ0v) is 9.78. The van der Waals surface area contributed by atoms with Crippen molar-refractivity contribution in [3.63, 3.8) is 0 Å². The first-order valence-corrected chi connectivity index (χ1v) is 6.04. The van der Waals surface area contributed by atoms with Crippen molar-refractivity contribution in [1.29, 1.82) is 0 Å². The molecule has 1 nitrogen and oxygen atoms in total. The quantitative estimate of drug-likeness (QED) is 0.567. The number of rotatable bonds is 7. The van der Waals surface area contributed by atoms with Crippen molar-refractivity contribution in [3.05, 3.63) is 0 Å².